The van der Waals surface area contributed by atoms with Crippen LogP contribution in [0.25, 0.3) is 11.1 Å². The van der Waals surface area contributed by atoms with E-state index in [1.165, 1.54) is 37.1 Å². The van der Waals surface area contributed by atoms with Crippen LogP contribution in [0.4, 0.5) is 0 Å². The number of aryl methyl sites for hydroxylation is 1. The highest BCUT2D eigenvalue weighted by Gasteiger charge is 2.22. The lowest BCUT2D eigenvalue weighted by molar-refractivity contribution is 0.263. The van der Waals surface area contributed by atoms with E-state index in [0.717, 1.165) is 60.4 Å². The van der Waals surface area contributed by atoms with Gasteiger partial charge in [-0.2, -0.15) is 0 Å². The lowest BCUT2D eigenvalue weighted by Crippen LogP contribution is -2.21. The number of phenolic OH excluding ortho intramolecular Hbond substituents is 2. The van der Waals surface area contributed by atoms with Crippen LogP contribution >= 0.6 is 0 Å². The van der Waals surface area contributed by atoms with Gasteiger partial charge in [0.05, 0.1) is 6.61 Å². The number of fused-ring (bicyclic) bond motifs is 1. The number of likely N-dealkylation sites (tertiary alicyclic amines) is 1. The summed E-state index contributed by atoms with van der Waals surface area (Å²) in [7, 11) is 0. The van der Waals surface area contributed by atoms with Crippen molar-refractivity contribution in [2.45, 2.75) is 32.1 Å². The fourth-order valence-corrected chi connectivity index (χ4v) is 5.05. The highest BCUT2D eigenvalue weighted by molar-refractivity contribution is 6.01. The Labute approximate surface area is 195 Å². The monoisotopic (exact) mass is 441 g/mol. The van der Waals surface area contributed by atoms with E-state index in [2.05, 4.69) is 17.0 Å². The van der Waals surface area contributed by atoms with E-state index in [1.54, 1.807) is 18.2 Å². The molecule has 4 heteroatoms. The Balaban J connectivity index is 1.40. The first-order valence-corrected chi connectivity index (χ1v) is 12.0. The fourth-order valence-electron chi connectivity index (χ4n) is 5.05. The highest BCUT2D eigenvalue weighted by Crippen LogP contribution is 2.42. The first kappa shape index (κ1) is 21.6. The van der Waals surface area contributed by atoms with Crippen LogP contribution in [0.3, 0.4) is 0 Å². The number of nitrogens with zero attached hydrogens (tertiary/aromatic N) is 1. The van der Waals surface area contributed by atoms with Crippen molar-refractivity contribution < 1.29 is 14.9 Å². The summed E-state index contributed by atoms with van der Waals surface area (Å²) in [5, 5.41) is 20.0. The van der Waals surface area contributed by atoms with Gasteiger partial charge in [0.25, 0.3) is 0 Å². The molecule has 3 aromatic carbocycles. The van der Waals surface area contributed by atoms with Gasteiger partial charge < -0.3 is 19.8 Å². The molecular formula is C29H31NO3. The molecule has 0 unspecified atom stereocenters. The number of benzene rings is 3. The molecule has 1 saturated heterocycles. The summed E-state index contributed by atoms with van der Waals surface area (Å²) in [4.78, 5) is 2.51. The molecule has 4 nitrogen and oxygen atoms in total. The summed E-state index contributed by atoms with van der Waals surface area (Å²) >= 11 is 0. The third-order valence-electron chi connectivity index (χ3n) is 6.75. The molecule has 1 aliphatic carbocycles. The summed E-state index contributed by atoms with van der Waals surface area (Å²) in [6, 6.07) is 21.4. The van der Waals surface area contributed by atoms with Crippen LogP contribution < -0.4 is 4.74 Å². The molecule has 0 radical (unpaired) electrons. The summed E-state index contributed by atoms with van der Waals surface area (Å²) < 4.78 is 6.01. The topological polar surface area (TPSA) is 52.9 Å². The van der Waals surface area contributed by atoms with Crippen LogP contribution in [0.15, 0.2) is 66.7 Å². The Kier molecular flexibility index (Phi) is 6.36. The first-order chi connectivity index (χ1) is 16.2. The van der Waals surface area contributed by atoms with E-state index in [9.17, 15) is 10.2 Å². The fraction of sp³-hybridized carbons (Fsp3) is 0.310. The van der Waals surface area contributed by atoms with Gasteiger partial charge in [0.15, 0.2) is 0 Å². The van der Waals surface area contributed by atoms with Crippen LogP contribution in [-0.4, -0.2) is 41.4 Å². The molecule has 170 valence electrons. The molecule has 1 heterocycles. The zero-order chi connectivity index (χ0) is 22.6. The van der Waals surface area contributed by atoms with Crippen LogP contribution in [0, 0.1) is 0 Å². The maximum atomic E-state index is 10.2. The van der Waals surface area contributed by atoms with Crippen molar-refractivity contribution in [3.05, 3.63) is 89.0 Å². The molecule has 0 amide bonds. The van der Waals surface area contributed by atoms with E-state index in [1.807, 2.05) is 36.4 Å². The summed E-state index contributed by atoms with van der Waals surface area (Å²) in [5.41, 5.74) is 6.88. The van der Waals surface area contributed by atoms with Gasteiger partial charge in [0.1, 0.15) is 17.2 Å². The van der Waals surface area contributed by atoms with Crippen molar-refractivity contribution in [2.75, 3.05) is 26.2 Å². The summed E-state index contributed by atoms with van der Waals surface area (Å²) in [5.74, 6) is 1.43. The molecule has 0 spiro atoms. The summed E-state index contributed by atoms with van der Waals surface area (Å²) in [6.07, 6.45) is 5.53. The molecule has 33 heavy (non-hydrogen) atoms. The molecule has 2 aliphatic rings. The lowest BCUT2D eigenvalue weighted by Gasteiger charge is -2.25. The van der Waals surface area contributed by atoms with Gasteiger partial charge in [-0.3, -0.25) is 0 Å². The minimum Gasteiger partial charge on any atom is -0.508 e. The van der Waals surface area contributed by atoms with E-state index >= 15 is 0 Å². The standard InChI is InChI=1S/C29H31NO3/c31-24-10-4-21(5-11-24)27-15-9-22-6-12-25(32)20-28(22)29(27)23-7-13-26(14-8-23)33-19-3-18-30-16-1-2-17-30/h4-8,10-14,20,31-32H,1-3,9,15-19H2. The molecule has 5 rings (SSSR count). The van der Waals surface area contributed by atoms with Crippen LogP contribution in [0.2, 0.25) is 0 Å². The predicted octanol–water partition coefficient (Wildman–Crippen LogP) is 5.87. The van der Waals surface area contributed by atoms with Gasteiger partial charge in [-0.15, -0.1) is 0 Å². The van der Waals surface area contributed by atoms with Crippen molar-refractivity contribution in [3.63, 3.8) is 0 Å². The van der Waals surface area contributed by atoms with Gasteiger partial charge in [-0.25, -0.2) is 0 Å². The molecule has 3 aromatic rings. The minimum absolute atomic E-state index is 0.265. The maximum Gasteiger partial charge on any atom is 0.119 e. The van der Waals surface area contributed by atoms with E-state index in [4.69, 9.17) is 4.74 Å². The molecule has 0 saturated carbocycles. The van der Waals surface area contributed by atoms with Crippen molar-refractivity contribution in [1.82, 2.24) is 4.90 Å². The molecule has 0 bridgehead atoms. The van der Waals surface area contributed by atoms with E-state index in [-0.39, 0.29) is 11.5 Å². The number of hydrogen-bond acceptors (Lipinski definition) is 4. The van der Waals surface area contributed by atoms with Gasteiger partial charge in [0, 0.05) is 6.54 Å². The number of ether oxygens (including phenoxy) is 1. The van der Waals surface area contributed by atoms with Gasteiger partial charge >= 0.3 is 0 Å². The normalized spacial score (nSPS) is 16.1. The molecule has 1 fully saturated rings. The Morgan fingerprint density at radius 3 is 2.21 bits per heavy atom. The Bertz CT molecular complexity index is 1130. The van der Waals surface area contributed by atoms with Crippen LogP contribution in [0.5, 0.6) is 17.2 Å². The van der Waals surface area contributed by atoms with Crippen LogP contribution in [-0.2, 0) is 6.42 Å². The second kappa shape index (κ2) is 9.72. The van der Waals surface area contributed by atoms with E-state index in [0.29, 0.717) is 0 Å². The lowest BCUT2D eigenvalue weighted by atomic mass is 9.79. The Morgan fingerprint density at radius 1 is 0.758 bits per heavy atom. The first-order valence-electron chi connectivity index (χ1n) is 12.0. The maximum absolute atomic E-state index is 10.2. The predicted molar refractivity (Wildman–Crippen MR) is 133 cm³/mol. The third-order valence-corrected chi connectivity index (χ3v) is 6.75. The van der Waals surface area contributed by atoms with Gasteiger partial charge in [0.2, 0.25) is 0 Å². The smallest absolute Gasteiger partial charge is 0.119 e. The number of phenols is 2. The average Bonchev–Trinajstić information content (AvgIpc) is 3.36. The number of aromatic hydroxyl groups is 2. The zero-order valence-corrected chi connectivity index (χ0v) is 19.0. The van der Waals surface area contributed by atoms with Crippen LogP contribution in [0.1, 0.15) is 47.9 Å². The number of rotatable bonds is 7. The molecule has 0 atom stereocenters. The zero-order valence-electron chi connectivity index (χ0n) is 19.0. The summed E-state index contributed by atoms with van der Waals surface area (Å²) in [6.45, 7) is 4.30. The molecular weight excluding hydrogens is 410 g/mol. The van der Waals surface area contributed by atoms with Crippen molar-refractivity contribution >= 4 is 11.1 Å². The largest absolute Gasteiger partial charge is 0.508 e. The van der Waals surface area contributed by atoms with E-state index < -0.39 is 0 Å². The molecule has 0 aromatic heterocycles. The second-order valence-corrected chi connectivity index (χ2v) is 9.02. The van der Waals surface area contributed by atoms with Gasteiger partial charge in [-0.1, -0.05) is 30.3 Å². The minimum atomic E-state index is 0.265. The van der Waals surface area contributed by atoms with Crippen molar-refractivity contribution in [2.24, 2.45) is 0 Å². The van der Waals surface area contributed by atoms with Crippen molar-refractivity contribution in [1.29, 1.82) is 0 Å². The van der Waals surface area contributed by atoms with Gasteiger partial charge in [-0.05, 0) is 115 Å². The molecule has 2 N–H and O–H groups in total. The average molecular weight is 442 g/mol. The quantitative estimate of drug-likeness (QED) is 0.451. The van der Waals surface area contributed by atoms with Crippen molar-refractivity contribution in [3.8, 4) is 17.2 Å². The molecule has 1 aliphatic heterocycles. The highest BCUT2D eigenvalue weighted by atomic mass is 16.5. The third kappa shape index (κ3) is 4.91. The SMILES string of the molecule is Oc1ccc(C2=C(c3ccc(OCCCN4CCCC4)cc3)c3cc(O)ccc3CC2)cc1. The Hall–Kier alpha value is -3.24. The second-order valence-electron chi connectivity index (χ2n) is 9.02. The number of allylic oxidation sites excluding steroid dienone is 1. The number of hydrogen-bond donors (Lipinski definition) is 2. The Morgan fingerprint density at radius 2 is 1.45 bits per heavy atom.